The van der Waals surface area contributed by atoms with Gasteiger partial charge in [0, 0.05) is 30.3 Å². The lowest BCUT2D eigenvalue weighted by molar-refractivity contribution is 0.458. The summed E-state index contributed by atoms with van der Waals surface area (Å²) in [5.41, 5.74) is 1.86. The zero-order valence-electron chi connectivity index (χ0n) is 13.8. The van der Waals surface area contributed by atoms with Gasteiger partial charge in [0.2, 0.25) is 5.88 Å². The van der Waals surface area contributed by atoms with Crippen LogP contribution in [-0.2, 0) is 6.54 Å². The predicted molar refractivity (Wildman–Crippen MR) is 97.6 cm³/mol. The average molecular weight is 346 g/mol. The van der Waals surface area contributed by atoms with Crippen LogP contribution >= 0.6 is 0 Å². The highest BCUT2D eigenvalue weighted by Gasteiger charge is 2.04. The molecular weight excluding hydrogens is 331 g/mol. The Morgan fingerprint density at radius 3 is 2.69 bits per heavy atom. The molecule has 0 fully saturated rings. The van der Waals surface area contributed by atoms with E-state index in [9.17, 15) is 4.39 Å². The second-order valence-electron chi connectivity index (χ2n) is 5.66. The van der Waals surface area contributed by atoms with E-state index in [1.807, 2.05) is 30.3 Å². The van der Waals surface area contributed by atoms with Crippen molar-refractivity contribution in [1.29, 1.82) is 0 Å². The van der Waals surface area contributed by atoms with E-state index in [2.05, 4.69) is 20.3 Å². The fraction of sp³-hybridized carbons (Fsp3) is 0.0500. The molecule has 1 N–H and O–H groups in total. The minimum atomic E-state index is -0.347. The van der Waals surface area contributed by atoms with Crippen molar-refractivity contribution in [3.05, 3.63) is 84.6 Å². The van der Waals surface area contributed by atoms with Crippen molar-refractivity contribution < 1.29 is 9.13 Å². The summed E-state index contributed by atoms with van der Waals surface area (Å²) < 4.78 is 18.7. The summed E-state index contributed by atoms with van der Waals surface area (Å²) in [6.07, 6.45) is 3.25. The maximum Gasteiger partial charge on any atom is 0.219 e. The van der Waals surface area contributed by atoms with Gasteiger partial charge in [0.05, 0.1) is 5.52 Å². The summed E-state index contributed by atoms with van der Waals surface area (Å²) in [5, 5.41) is 4.27. The van der Waals surface area contributed by atoms with Gasteiger partial charge >= 0.3 is 0 Å². The fourth-order valence-corrected chi connectivity index (χ4v) is 2.56. The molecule has 0 aliphatic carbocycles. The molecule has 4 rings (SSSR count). The molecule has 0 aliphatic rings. The number of anilines is 1. The van der Waals surface area contributed by atoms with Crippen LogP contribution < -0.4 is 10.1 Å². The van der Waals surface area contributed by atoms with Crippen molar-refractivity contribution in [3.63, 3.8) is 0 Å². The molecule has 0 radical (unpaired) electrons. The van der Waals surface area contributed by atoms with E-state index < -0.39 is 0 Å². The van der Waals surface area contributed by atoms with E-state index in [-0.39, 0.29) is 5.82 Å². The van der Waals surface area contributed by atoms with Gasteiger partial charge in [0.25, 0.3) is 0 Å². The number of fused-ring (bicyclic) bond motifs is 1. The summed E-state index contributed by atoms with van der Waals surface area (Å²) in [4.78, 5) is 12.8. The van der Waals surface area contributed by atoms with Gasteiger partial charge in [-0.1, -0.05) is 24.3 Å². The number of hydrogen-bond donors (Lipinski definition) is 1. The first kappa shape index (κ1) is 16.0. The number of nitrogens with one attached hydrogen (secondary N) is 1. The fourth-order valence-electron chi connectivity index (χ4n) is 2.56. The topological polar surface area (TPSA) is 59.9 Å². The number of nitrogens with zero attached hydrogens (tertiary/aromatic N) is 3. The molecule has 0 unspecified atom stereocenters. The summed E-state index contributed by atoms with van der Waals surface area (Å²) in [5.74, 6) is 1.25. The van der Waals surface area contributed by atoms with E-state index in [0.29, 0.717) is 18.2 Å². The molecule has 0 aliphatic heterocycles. The second-order valence-corrected chi connectivity index (χ2v) is 5.66. The molecule has 0 saturated heterocycles. The number of aromatic nitrogens is 3. The van der Waals surface area contributed by atoms with Crippen molar-refractivity contribution in [2.45, 2.75) is 6.54 Å². The monoisotopic (exact) mass is 346 g/mol. The molecule has 2 aromatic heterocycles. The first-order valence-corrected chi connectivity index (χ1v) is 8.10. The Morgan fingerprint density at radius 1 is 0.923 bits per heavy atom. The molecule has 0 atom stereocenters. The quantitative estimate of drug-likeness (QED) is 0.574. The molecule has 4 aromatic rings. The van der Waals surface area contributed by atoms with Crippen LogP contribution in [0, 0.1) is 5.82 Å². The maximum absolute atomic E-state index is 13.2. The average Bonchev–Trinajstić information content (AvgIpc) is 2.67. The molecule has 0 bridgehead atoms. The number of halogens is 1. The first-order valence-electron chi connectivity index (χ1n) is 8.10. The zero-order chi connectivity index (χ0) is 17.8. The molecule has 0 saturated carbocycles. The van der Waals surface area contributed by atoms with Crippen LogP contribution in [0.15, 0.2) is 73.2 Å². The Kier molecular flexibility index (Phi) is 4.38. The Labute approximate surface area is 149 Å². The highest BCUT2D eigenvalue weighted by Crippen LogP contribution is 2.21. The lowest BCUT2D eigenvalue weighted by atomic mass is 10.2. The van der Waals surface area contributed by atoms with Crippen LogP contribution in [-0.4, -0.2) is 15.0 Å². The molecule has 128 valence electrons. The third-order valence-electron chi connectivity index (χ3n) is 3.82. The number of rotatable bonds is 5. The third kappa shape index (κ3) is 3.59. The molecule has 5 nitrogen and oxygen atoms in total. The van der Waals surface area contributed by atoms with Gasteiger partial charge in [0.15, 0.2) is 0 Å². The molecule has 26 heavy (non-hydrogen) atoms. The lowest BCUT2D eigenvalue weighted by Gasteiger charge is -2.09. The summed E-state index contributed by atoms with van der Waals surface area (Å²) in [6.45, 7) is 0.564. The molecule has 0 amide bonds. The van der Waals surface area contributed by atoms with Crippen LogP contribution in [0.25, 0.3) is 10.9 Å². The van der Waals surface area contributed by atoms with Crippen LogP contribution in [0.4, 0.5) is 10.2 Å². The number of hydrogen-bond acceptors (Lipinski definition) is 5. The van der Waals surface area contributed by atoms with E-state index in [1.165, 1.54) is 12.1 Å². The van der Waals surface area contributed by atoms with Gasteiger partial charge < -0.3 is 10.1 Å². The van der Waals surface area contributed by atoms with Crippen molar-refractivity contribution in [1.82, 2.24) is 15.0 Å². The van der Waals surface area contributed by atoms with Crippen molar-refractivity contribution >= 4 is 16.7 Å². The van der Waals surface area contributed by atoms with Gasteiger partial charge in [-0.05, 0) is 29.8 Å². The van der Waals surface area contributed by atoms with Crippen LogP contribution in [0.5, 0.6) is 11.6 Å². The number of benzene rings is 2. The van der Waals surface area contributed by atoms with E-state index in [0.717, 1.165) is 22.3 Å². The molecule has 6 heteroatoms. The highest BCUT2D eigenvalue weighted by molar-refractivity contribution is 5.88. The van der Waals surface area contributed by atoms with E-state index in [4.69, 9.17) is 4.74 Å². The van der Waals surface area contributed by atoms with Crippen molar-refractivity contribution in [3.8, 4) is 11.6 Å². The standard InChI is InChI=1S/C20H15FN4O/c21-15-4-3-5-16(10-15)26-19-9-8-14(11-22-19)12-23-20-17-6-1-2-7-18(17)24-13-25-20/h1-11,13H,12H2,(H,23,24,25). The third-order valence-corrected chi connectivity index (χ3v) is 3.82. The predicted octanol–water partition coefficient (Wildman–Crippen LogP) is 4.57. The minimum absolute atomic E-state index is 0.347. The van der Waals surface area contributed by atoms with Gasteiger partial charge in [0.1, 0.15) is 23.7 Å². The smallest absolute Gasteiger partial charge is 0.219 e. The van der Waals surface area contributed by atoms with Gasteiger partial charge in [-0.15, -0.1) is 0 Å². The van der Waals surface area contributed by atoms with Crippen LogP contribution in [0.2, 0.25) is 0 Å². The van der Waals surface area contributed by atoms with Gasteiger partial charge in [-0.25, -0.2) is 19.3 Å². The van der Waals surface area contributed by atoms with Gasteiger partial charge in [-0.2, -0.15) is 0 Å². The Bertz CT molecular complexity index is 1030. The van der Waals surface area contributed by atoms with Crippen LogP contribution in [0.3, 0.4) is 0 Å². The largest absolute Gasteiger partial charge is 0.439 e. The van der Waals surface area contributed by atoms with E-state index in [1.54, 1.807) is 30.7 Å². The number of para-hydroxylation sites is 1. The normalized spacial score (nSPS) is 10.7. The Hall–Kier alpha value is -3.54. The summed E-state index contributed by atoms with van der Waals surface area (Å²) in [7, 11) is 0. The Morgan fingerprint density at radius 2 is 1.85 bits per heavy atom. The second kappa shape index (κ2) is 7.14. The lowest BCUT2D eigenvalue weighted by Crippen LogP contribution is -2.03. The molecular formula is C20H15FN4O. The molecule has 0 spiro atoms. The van der Waals surface area contributed by atoms with Gasteiger partial charge in [-0.3, -0.25) is 0 Å². The SMILES string of the molecule is Fc1cccc(Oc2ccc(CNc3ncnc4ccccc34)cn2)c1. The summed E-state index contributed by atoms with van der Waals surface area (Å²) in [6, 6.07) is 17.4. The van der Waals surface area contributed by atoms with Crippen LogP contribution in [0.1, 0.15) is 5.56 Å². The molecule has 2 aromatic carbocycles. The number of ether oxygens (including phenoxy) is 1. The maximum atomic E-state index is 13.2. The number of pyridine rings is 1. The highest BCUT2D eigenvalue weighted by atomic mass is 19.1. The Balaban J connectivity index is 1.44. The van der Waals surface area contributed by atoms with Crippen molar-refractivity contribution in [2.24, 2.45) is 0 Å². The molecule has 2 heterocycles. The summed E-state index contributed by atoms with van der Waals surface area (Å²) >= 11 is 0. The first-order chi connectivity index (χ1) is 12.8. The minimum Gasteiger partial charge on any atom is -0.439 e. The van der Waals surface area contributed by atoms with E-state index >= 15 is 0 Å². The van der Waals surface area contributed by atoms with Crippen molar-refractivity contribution in [2.75, 3.05) is 5.32 Å². The zero-order valence-corrected chi connectivity index (χ0v) is 13.8.